The van der Waals surface area contributed by atoms with E-state index in [1.807, 2.05) is 0 Å². The highest BCUT2D eigenvalue weighted by Crippen LogP contribution is 2.21. The number of hydrogen-bond donors (Lipinski definition) is 0. The highest BCUT2D eigenvalue weighted by molar-refractivity contribution is 6.31. The minimum atomic E-state index is 0.154. The second-order valence-electron chi connectivity index (χ2n) is 3.87. The van der Waals surface area contributed by atoms with Gasteiger partial charge in [-0.2, -0.15) is 4.98 Å². The highest BCUT2D eigenvalue weighted by atomic mass is 35.5. The molecule has 1 aromatic carbocycles. The van der Waals surface area contributed by atoms with E-state index in [1.54, 1.807) is 36.4 Å². The standard InChI is InChI=1S/C10H6Cl2N2O.C4H2Cl2N2/c11-7-1-3-8(4-2-7)15-9-5-6-13-10(12)14-9;5-3-1-2-7-4(6)8-3/h1-6H;1-2H. The van der Waals surface area contributed by atoms with Gasteiger partial charge in [-0.3, -0.25) is 0 Å². The summed E-state index contributed by atoms with van der Waals surface area (Å²) in [7, 11) is 0. The Hall–Kier alpha value is -1.66. The van der Waals surface area contributed by atoms with Crippen molar-refractivity contribution >= 4 is 46.4 Å². The summed E-state index contributed by atoms with van der Waals surface area (Å²) in [6.45, 7) is 0. The van der Waals surface area contributed by atoms with Crippen LogP contribution in [0.25, 0.3) is 0 Å². The van der Waals surface area contributed by atoms with Crippen molar-refractivity contribution in [1.82, 2.24) is 19.9 Å². The average Bonchev–Trinajstić information content (AvgIpc) is 2.50. The molecule has 0 bridgehead atoms. The Morgan fingerprint density at radius 2 is 1.30 bits per heavy atom. The van der Waals surface area contributed by atoms with Gasteiger partial charge in [0, 0.05) is 23.5 Å². The van der Waals surface area contributed by atoms with Crippen LogP contribution in [-0.4, -0.2) is 19.9 Å². The smallest absolute Gasteiger partial charge is 0.225 e. The van der Waals surface area contributed by atoms with Crippen molar-refractivity contribution < 1.29 is 4.74 Å². The first kappa shape index (κ1) is 17.7. The molecule has 118 valence electrons. The molecule has 0 aliphatic heterocycles. The molecule has 0 spiro atoms. The van der Waals surface area contributed by atoms with Crippen molar-refractivity contribution in [3.8, 4) is 11.6 Å². The lowest BCUT2D eigenvalue weighted by atomic mass is 10.3. The molecule has 3 rings (SSSR count). The van der Waals surface area contributed by atoms with Gasteiger partial charge in [0.25, 0.3) is 0 Å². The van der Waals surface area contributed by atoms with Crippen LogP contribution < -0.4 is 4.74 Å². The van der Waals surface area contributed by atoms with Crippen LogP contribution in [0.1, 0.15) is 0 Å². The summed E-state index contributed by atoms with van der Waals surface area (Å²) in [5, 5.41) is 1.35. The summed E-state index contributed by atoms with van der Waals surface area (Å²) in [6.07, 6.45) is 3.03. The quantitative estimate of drug-likeness (QED) is 0.436. The molecule has 0 radical (unpaired) electrons. The van der Waals surface area contributed by atoms with Gasteiger partial charge in [0.1, 0.15) is 10.9 Å². The van der Waals surface area contributed by atoms with Gasteiger partial charge in [-0.25, -0.2) is 15.0 Å². The maximum absolute atomic E-state index is 5.74. The van der Waals surface area contributed by atoms with Crippen LogP contribution in [0.2, 0.25) is 20.7 Å². The van der Waals surface area contributed by atoms with Crippen LogP contribution >= 0.6 is 46.4 Å². The molecule has 3 aromatic rings. The second-order valence-corrected chi connectivity index (χ2v) is 5.37. The summed E-state index contributed by atoms with van der Waals surface area (Å²) in [5.41, 5.74) is 0. The first-order valence-corrected chi connectivity index (χ1v) is 7.60. The minimum Gasteiger partial charge on any atom is -0.439 e. The van der Waals surface area contributed by atoms with Gasteiger partial charge in [-0.1, -0.05) is 23.2 Å². The molecular formula is C14H8Cl4N4O. The Balaban J connectivity index is 0.000000203. The van der Waals surface area contributed by atoms with Crippen molar-refractivity contribution in [2.45, 2.75) is 0 Å². The molecule has 0 unspecified atom stereocenters. The topological polar surface area (TPSA) is 60.8 Å². The van der Waals surface area contributed by atoms with Gasteiger partial charge in [0.05, 0.1) is 0 Å². The Morgan fingerprint density at radius 3 is 1.83 bits per heavy atom. The fraction of sp³-hybridized carbons (Fsp3) is 0. The van der Waals surface area contributed by atoms with Crippen LogP contribution in [0.4, 0.5) is 0 Å². The monoisotopic (exact) mass is 388 g/mol. The number of nitrogens with zero attached hydrogens (tertiary/aromatic N) is 4. The summed E-state index contributed by atoms with van der Waals surface area (Å²) in [6, 6.07) is 10.2. The number of aromatic nitrogens is 4. The number of hydrogen-bond acceptors (Lipinski definition) is 5. The summed E-state index contributed by atoms with van der Waals surface area (Å²) >= 11 is 22.1. The molecule has 5 nitrogen and oxygen atoms in total. The maximum Gasteiger partial charge on any atom is 0.225 e. The fourth-order valence-electron chi connectivity index (χ4n) is 1.31. The van der Waals surface area contributed by atoms with Crippen LogP contribution in [0.5, 0.6) is 11.6 Å². The van der Waals surface area contributed by atoms with Gasteiger partial charge in [-0.15, -0.1) is 0 Å². The lowest BCUT2D eigenvalue weighted by molar-refractivity contribution is 0.461. The number of ether oxygens (including phenoxy) is 1. The zero-order valence-electron chi connectivity index (χ0n) is 11.3. The maximum atomic E-state index is 5.74. The molecule has 2 heterocycles. The lowest BCUT2D eigenvalue weighted by Crippen LogP contribution is -1.89. The van der Waals surface area contributed by atoms with Gasteiger partial charge < -0.3 is 4.74 Å². The molecule has 0 aliphatic carbocycles. The Morgan fingerprint density at radius 1 is 0.696 bits per heavy atom. The van der Waals surface area contributed by atoms with Crippen molar-refractivity contribution in [1.29, 1.82) is 0 Å². The van der Waals surface area contributed by atoms with E-state index in [0.29, 0.717) is 21.8 Å². The predicted octanol–water partition coefficient (Wildman–Crippen LogP) is 5.36. The highest BCUT2D eigenvalue weighted by Gasteiger charge is 1.99. The van der Waals surface area contributed by atoms with E-state index < -0.39 is 0 Å². The molecule has 0 fully saturated rings. The third-order valence-corrected chi connectivity index (χ3v) is 3.06. The van der Waals surface area contributed by atoms with Crippen LogP contribution in [0.15, 0.2) is 48.8 Å². The van der Waals surface area contributed by atoms with E-state index in [9.17, 15) is 0 Å². The largest absolute Gasteiger partial charge is 0.439 e. The molecule has 0 saturated heterocycles. The number of rotatable bonds is 2. The molecular weight excluding hydrogens is 382 g/mol. The van der Waals surface area contributed by atoms with E-state index in [0.717, 1.165) is 0 Å². The number of benzene rings is 1. The van der Waals surface area contributed by atoms with E-state index >= 15 is 0 Å². The summed E-state index contributed by atoms with van der Waals surface area (Å²) < 4.78 is 5.42. The van der Waals surface area contributed by atoms with E-state index in [4.69, 9.17) is 51.1 Å². The Bertz CT molecular complexity index is 753. The first-order valence-electron chi connectivity index (χ1n) is 6.09. The second kappa shape index (κ2) is 8.84. The van der Waals surface area contributed by atoms with Crippen LogP contribution in [0.3, 0.4) is 0 Å². The van der Waals surface area contributed by atoms with Gasteiger partial charge in [0.15, 0.2) is 0 Å². The third kappa shape index (κ3) is 6.54. The van der Waals surface area contributed by atoms with Crippen molar-refractivity contribution in [2.24, 2.45) is 0 Å². The SMILES string of the molecule is Clc1ccc(Oc2ccnc(Cl)n2)cc1.Clc1ccnc(Cl)n1. The zero-order chi connectivity index (χ0) is 16.7. The van der Waals surface area contributed by atoms with Crippen LogP contribution in [0, 0.1) is 0 Å². The molecule has 2 aromatic heterocycles. The molecule has 0 N–H and O–H groups in total. The molecule has 23 heavy (non-hydrogen) atoms. The van der Waals surface area contributed by atoms with Gasteiger partial charge >= 0.3 is 0 Å². The van der Waals surface area contributed by atoms with Gasteiger partial charge in [-0.05, 0) is 53.5 Å². The predicted molar refractivity (Wildman–Crippen MR) is 90.6 cm³/mol. The third-order valence-electron chi connectivity index (χ3n) is 2.23. The molecule has 9 heteroatoms. The summed E-state index contributed by atoms with van der Waals surface area (Å²) in [4.78, 5) is 14.8. The van der Waals surface area contributed by atoms with Crippen LogP contribution in [-0.2, 0) is 0 Å². The summed E-state index contributed by atoms with van der Waals surface area (Å²) in [5.74, 6) is 1.05. The van der Waals surface area contributed by atoms with E-state index in [2.05, 4.69) is 19.9 Å². The molecule has 0 atom stereocenters. The normalized spacial score (nSPS) is 9.74. The molecule has 0 amide bonds. The average molecular weight is 390 g/mol. The van der Waals surface area contributed by atoms with E-state index in [1.165, 1.54) is 12.4 Å². The zero-order valence-corrected chi connectivity index (χ0v) is 14.4. The van der Waals surface area contributed by atoms with Crippen molar-refractivity contribution in [3.63, 3.8) is 0 Å². The van der Waals surface area contributed by atoms with Crippen molar-refractivity contribution in [2.75, 3.05) is 0 Å². The van der Waals surface area contributed by atoms with Gasteiger partial charge in [0.2, 0.25) is 16.4 Å². The Labute approximate surface area is 152 Å². The molecule has 0 aliphatic rings. The Kier molecular flexibility index (Phi) is 6.80. The molecule has 0 saturated carbocycles. The minimum absolute atomic E-state index is 0.154. The van der Waals surface area contributed by atoms with E-state index in [-0.39, 0.29) is 10.6 Å². The first-order chi connectivity index (χ1) is 11.0. The number of halogens is 4. The van der Waals surface area contributed by atoms with Crippen molar-refractivity contribution in [3.05, 3.63) is 69.5 Å². The fourth-order valence-corrected chi connectivity index (χ4v) is 1.91. The lowest BCUT2D eigenvalue weighted by Gasteiger charge is -2.03.